The van der Waals surface area contributed by atoms with Gasteiger partial charge >= 0.3 is 0 Å². The second kappa shape index (κ2) is 29.4. The molecule has 0 radical (unpaired) electrons. The molecule has 0 aliphatic rings. The van der Waals surface area contributed by atoms with E-state index in [4.69, 9.17) is 9.97 Å². The van der Waals surface area contributed by atoms with E-state index in [-0.39, 0.29) is 0 Å². The molecule has 15 heterocycles. The van der Waals surface area contributed by atoms with Gasteiger partial charge in [-0.05, 0) is 202 Å². The van der Waals surface area contributed by atoms with E-state index in [0.29, 0.717) is 0 Å². The fourth-order valence-corrected chi connectivity index (χ4v) is 26.6. The highest BCUT2D eigenvalue weighted by Crippen LogP contribution is 2.55. The number of benzene rings is 21. The summed E-state index contributed by atoms with van der Waals surface area (Å²) >= 11 is 0. The van der Waals surface area contributed by atoms with Gasteiger partial charge < -0.3 is 31.5 Å². The van der Waals surface area contributed by atoms with Crippen molar-refractivity contribution >= 4 is 278 Å². The van der Waals surface area contributed by atoms with Crippen LogP contribution in [0.2, 0.25) is 0 Å². The van der Waals surface area contributed by atoms with Gasteiger partial charge in [-0.3, -0.25) is 14.1 Å². The Morgan fingerprint density at radius 3 is 0.939 bits per heavy atom. The molecule has 678 valence electrons. The summed E-state index contributed by atoms with van der Waals surface area (Å²) in [6.07, 6.45) is 7.85. The number of hydrogen-bond acceptors (Lipinski definition) is 3. The Hall–Kier alpha value is -20.0. The third-order valence-corrected chi connectivity index (χ3v) is 32.4. The Morgan fingerprint density at radius 2 is 0.469 bits per heavy atom. The summed E-state index contributed by atoms with van der Waals surface area (Å²) in [5, 5.41) is 37.9. The van der Waals surface area contributed by atoms with Gasteiger partial charge in [-0.1, -0.05) is 279 Å². The quantitative estimate of drug-likeness (QED) is 0.166. The Morgan fingerprint density at radius 1 is 0.143 bits per heavy atom. The van der Waals surface area contributed by atoms with E-state index in [9.17, 15) is 0 Å². The maximum Gasteiger partial charge on any atom is 0.145 e. The molecule has 0 spiro atoms. The van der Waals surface area contributed by atoms with E-state index in [0.717, 1.165) is 67.4 Å². The highest BCUT2D eigenvalue weighted by atomic mass is 15.1. The van der Waals surface area contributed by atoms with Crippen molar-refractivity contribution in [2.75, 3.05) is 0 Å². The Balaban J connectivity index is 0.0000000945. The molecule has 12 heteroatoms. The molecule has 36 rings (SSSR count). The first-order chi connectivity index (χ1) is 73.0. The van der Waals surface area contributed by atoms with Crippen LogP contribution in [0.3, 0.4) is 0 Å². The van der Waals surface area contributed by atoms with Gasteiger partial charge in [0.25, 0.3) is 0 Å². The summed E-state index contributed by atoms with van der Waals surface area (Å²) in [7, 11) is 0. The highest BCUT2D eigenvalue weighted by molar-refractivity contribution is 6.42. The molecule has 0 saturated heterocycles. The zero-order chi connectivity index (χ0) is 95.4. The number of pyridine rings is 3. The molecule has 0 saturated carbocycles. The third kappa shape index (κ3) is 10.5. The Bertz CT molecular complexity index is 11600. The first-order valence-corrected chi connectivity index (χ1v) is 50.4. The molecule has 0 N–H and O–H groups in total. The Kier molecular flexibility index (Phi) is 15.7. The molecule has 0 aliphatic carbocycles. The molecule has 0 amide bonds. The highest BCUT2D eigenvalue weighted by Gasteiger charge is 2.32. The predicted molar refractivity (Wildman–Crippen MR) is 615 cm³/mol. The SMILES string of the molecule is c1ccc(-n2c3cc(-n4c5ccc6ccccc6c5c5c6c7ccccc7n7c8ccccc8c(cc54)c67)ccc3c3cccnc32)cc1.c1ccc(-n2c3ccc(-n4c5ccc6ccccc6c5c5c6c7ccccc7n7c8ccccc8c(cc54)c67)cc3c3ccncc32)cc1.c1ccc(-n2c3ccccc3c3cc(-n4c5ccc6ccccc6c5c5c6c7ccccc7n7c8ccccc8c(cc54)c67)ncc32)cc1. The molecule has 21 aromatic carbocycles. The van der Waals surface area contributed by atoms with Crippen molar-refractivity contribution in [2.45, 2.75) is 0 Å². The van der Waals surface area contributed by atoms with Crippen molar-refractivity contribution in [3.63, 3.8) is 0 Å². The first kappa shape index (κ1) is 78.8. The number of para-hydroxylation sites is 10. The molecule has 0 aliphatic heterocycles. The summed E-state index contributed by atoms with van der Waals surface area (Å²) in [4.78, 5) is 14.7. The monoisotopic (exact) mass is 1870 g/mol. The smallest absolute Gasteiger partial charge is 0.145 e. The minimum Gasteiger partial charge on any atom is -0.309 e. The van der Waals surface area contributed by atoms with E-state index in [1.54, 1.807) is 0 Å². The van der Waals surface area contributed by atoms with Crippen LogP contribution in [0.1, 0.15) is 0 Å². The molecule has 0 bridgehead atoms. The van der Waals surface area contributed by atoms with E-state index in [1.807, 2.05) is 24.7 Å². The summed E-state index contributed by atoms with van der Waals surface area (Å²) < 4.78 is 21.8. The van der Waals surface area contributed by atoms with Crippen LogP contribution in [-0.2, 0) is 0 Å². The average molecular weight is 1870 g/mol. The van der Waals surface area contributed by atoms with Crippen molar-refractivity contribution < 1.29 is 0 Å². The molecule has 15 aromatic heterocycles. The maximum atomic E-state index is 5.29. The van der Waals surface area contributed by atoms with Gasteiger partial charge in [0.2, 0.25) is 0 Å². The standard InChI is InChI=1S/3C45H26N4/c1-2-13-28(14-3-1)47-35-19-9-6-16-30(35)33-25-41(46-26-40(33)47)48-38-23-22-27-12-4-5-15-29(27)42(38)44-39(48)24-34-31-17-7-10-20-36(31)49-37-21-11-8-18-32(37)43(44)45(34)49;1-2-12-28(13-3-1)48-39-25-29(21-22-32(39)33-17-10-24-46-45(33)48)47-38-23-20-27-11-4-5-14-30(27)41(38)43-40(47)26-35-31-15-6-8-18-36(31)49-37-19-9-7-16-34(37)42(43)44(35)49;1-2-11-28(12-3-1)47-38-21-19-29(24-34(38)32-22-23-46-26-41(32)47)48-39-20-18-27-10-4-5-13-30(27)42(39)44-40(48)25-35-31-14-6-8-16-36(31)49-37-17-9-7-15-33(37)43(44)45(35)49/h3*1-26H. The van der Waals surface area contributed by atoms with Crippen molar-refractivity contribution in [2.24, 2.45) is 0 Å². The largest absolute Gasteiger partial charge is 0.309 e. The molecule has 0 fully saturated rings. The fourth-order valence-electron chi connectivity index (χ4n) is 26.6. The first-order valence-electron chi connectivity index (χ1n) is 50.4. The number of fused-ring (bicyclic) bond motifs is 45. The van der Waals surface area contributed by atoms with E-state index < -0.39 is 0 Å². The van der Waals surface area contributed by atoms with Crippen molar-refractivity contribution in [3.05, 3.63) is 474 Å². The number of rotatable bonds is 6. The van der Waals surface area contributed by atoms with Crippen LogP contribution < -0.4 is 0 Å². The topological polar surface area (TPSA) is 81.5 Å². The van der Waals surface area contributed by atoms with Gasteiger partial charge in [0.15, 0.2) is 0 Å². The van der Waals surface area contributed by atoms with Crippen molar-refractivity contribution in [1.82, 2.24) is 55.6 Å². The summed E-state index contributed by atoms with van der Waals surface area (Å²) in [6.45, 7) is 0. The molecule has 0 unspecified atom stereocenters. The third-order valence-electron chi connectivity index (χ3n) is 32.4. The lowest BCUT2D eigenvalue weighted by Gasteiger charge is -2.11. The second-order valence-corrected chi connectivity index (χ2v) is 39.5. The average Bonchev–Trinajstić information content (AvgIpc) is 1.52. The molecule has 36 aromatic rings. The van der Waals surface area contributed by atoms with Gasteiger partial charge in [0.05, 0.1) is 123 Å². The van der Waals surface area contributed by atoms with E-state index >= 15 is 0 Å². The second-order valence-electron chi connectivity index (χ2n) is 39.5. The molecular formula is C135H78N12. The lowest BCUT2D eigenvalue weighted by atomic mass is 9.99. The molecule has 147 heavy (non-hydrogen) atoms. The van der Waals surface area contributed by atoms with Crippen LogP contribution in [0.4, 0.5) is 0 Å². The van der Waals surface area contributed by atoms with E-state index in [2.05, 4.69) is 495 Å². The molecule has 12 nitrogen and oxygen atoms in total. The summed E-state index contributed by atoms with van der Waals surface area (Å²) in [5.74, 6) is 0.917. The molecule has 0 atom stereocenters. The lowest BCUT2D eigenvalue weighted by Crippen LogP contribution is -1.98. The predicted octanol–water partition coefficient (Wildman–Crippen LogP) is 34.7. The summed E-state index contributed by atoms with van der Waals surface area (Å²) in [5.41, 5.74) is 30.9. The van der Waals surface area contributed by atoms with Crippen LogP contribution in [-0.4, -0.2) is 55.6 Å². The number of nitrogens with zero attached hydrogens (tertiary/aromatic N) is 12. The van der Waals surface area contributed by atoms with Crippen LogP contribution in [0, 0.1) is 0 Å². The van der Waals surface area contributed by atoms with Gasteiger partial charge in [0, 0.05) is 170 Å². The van der Waals surface area contributed by atoms with Gasteiger partial charge in [-0.25, -0.2) is 9.97 Å². The molecular weight excluding hydrogens is 1790 g/mol. The zero-order valence-electron chi connectivity index (χ0n) is 78.9. The van der Waals surface area contributed by atoms with Gasteiger partial charge in [-0.2, -0.15) is 0 Å². The zero-order valence-corrected chi connectivity index (χ0v) is 78.9. The van der Waals surface area contributed by atoms with Crippen LogP contribution in [0.5, 0.6) is 0 Å². The lowest BCUT2D eigenvalue weighted by molar-refractivity contribution is 1.08. The number of hydrogen-bond donors (Lipinski definition) is 0. The maximum absolute atomic E-state index is 5.29. The van der Waals surface area contributed by atoms with Crippen molar-refractivity contribution in [3.8, 4) is 34.3 Å². The van der Waals surface area contributed by atoms with Gasteiger partial charge in [0.1, 0.15) is 11.5 Å². The number of aromatic nitrogens is 12. The minimum absolute atomic E-state index is 0.917. The fraction of sp³-hybridized carbons (Fsp3) is 0. The normalized spacial score (nSPS) is 12.5. The minimum atomic E-state index is 0.917. The van der Waals surface area contributed by atoms with E-state index in [1.165, 1.54) is 244 Å². The van der Waals surface area contributed by atoms with Gasteiger partial charge in [-0.15, -0.1) is 0 Å². The van der Waals surface area contributed by atoms with Crippen LogP contribution >= 0.6 is 0 Å². The van der Waals surface area contributed by atoms with Crippen LogP contribution in [0.25, 0.3) is 312 Å². The van der Waals surface area contributed by atoms with Crippen LogP contribution in [0.15, 0.2) is 474 Å². The summed E-state index contributed by atoms with van der Waals surface area (Å²) in [6, 6.07) is 164. The Labute approximate surface area is 835 Å². The van der Waals surface area contributed by atoms with Crippen molar-refractivity contribution in [1.29, 1.82) is 0 Å².